The Bertz CT molecular complexity index is 327. The van der Waals surface area contributed by atoms with Crippen molar-refractivity contribution in [2.75, 3.05) is 6.61 Å². The summed E-state index contributed by atoms with van der Waals surface area (Å²) in [6.45, 7) is 4.15. The maximum Gasteiger partial charge on any atom is 0.335 e. The van der Waals surface area contributed by atoms with Gasteiger partial charge in [0.15, 0.2) is 0 Å². The Morgan fingerprint density at radius 3 is 2.13 bits per heavy atom. The average Bonchev–Trinajstić information content (AvgIpc) is 2.19. The molecule has 2 N–H and O–H groups in total. The maximum absolute atomic E-state index is 10.6. The minimum Gasteiger partial charge on any atom is -0.478 e. The summed E-state index contributed by atoms with van der Waals surface area (Å²) in [5, 5.41) is 17.9. The van der Waals surface area contributed by atoms with Gasteiger partial charge in [-0.1, -0.05) is 26.0 Å². The van der Waals surface area contributed by atoms with Gasteiger partial charge in [0, 0.05) is 5.92 Å². The van der Waals surface area contributed by atoms with E-state index in [0.29, 0.717) is 5.92 Å². The van der Waals surface area contributed by atoms with E-state index in [4.69, 9.17) is 5.11 Å². The fraction of sp³-hybridized carbons (Fsp3) is 0.417. The highest BCUT2D eigenvalue weighted by molar-refractivity contribution is 5.87. The summed E-state index contributed by atoms with van der Waals surface area (Å²) in [5.41, 5.74) is 1.26. The van der Waals surface area contributed by atoms with Crippen LogP contribution in [0.2, 0.25) is 0 Å². The molecule has 0 heterocycles. The van der Waals surface area contributed by atoms with Crippen LogP contribution < -0.4 is 0 Å². The molecule has 15 heavy (non-hydrogen) atoms. The molecule has 0 aromatic heterocycles. The first-order valence-electron chi connectivity index (χ1n) is 5.00. The quantitative estimate of drug-likeness (QED) is 0.796. The second-order valence-corrected chi connectivity index (χ2v) is 3.96. The smallest absolute Gasteiger partial charge is 0.335 e. The van der Waals surface area contributed by atoms with Gasteiger partial charge in [0.1, 0.15) is 0 Å². The molecule has 82 valence electrons. The van der Waals surface area contributed by atoms with E-state index in [1.54, 1.807) is 24.3 Å². The molecule has 0 aliphatic rings. The van der Waals surface area contributed by atoms with Crippen molar-refractivity contribution in [3.8, 4) is 0 Å². The Morgan fingerprint density at radius 1 is 1.27 bits per heavy atom. The zero-order chi connectivity index (χ0) is 11.4. The molecule has 0 saturated heterocycles. The Hall–Kier alpha value is -1.35. The number of hydrogen-bond donors (Lipinski definition) is 2. The molecule has 0 unspecified atom stereocenters. The van der Waals surface area contributed by atoms with Gasteiger partial charge in [-0.15, -0.1) is 0 Å². The van der Waals surface area contributed by atoms with E-state index in [1.165, 1.54) is 0 Å². The van der Waals surface area contributed by atoms with Crippen LogP contribution in [0.5, 0.6) is 0 Å². The molecule has 3 heteroatoms. The highest BCUT2D eigenvalue weighted by Gasteiger charge is 2.14. The Balaban J connectivity index is 2.92. The van der Waals surface area contributed by atoms with E-state index in [1.807, 2.05) is 13.8 Å². The van der Waals surface area contributed by atoms with Crippen molar-refractivity contribution in [3.63, 3.8) is 0 Å². The molecule has 0 fully saturated rings. The van der Waals surface area contributed by atoms with Gasteiger partial charge in [-0.3, -0.25) is 0 Å². The molecular weight excluding hydrogens is 192 g/mol. The maximum atomic E-state index is 10.6. The minimum absolute atomic E-state index is 0.0767. The molecule has 0 bridgehead atoms. The Morgan fingerprint density at radius 2 is 1.80 bits per heavy atom. The molecule has 1 aromatic rings. The van der Waals surface area contributed by atoms with E-state index in [0.717, 1.165) is 5.56 Å². The highest BCUT2D eigenvalue weighted by atomic mass is 16.4. The lowest BCUT2D eigenvalue weighted by Gasteiger charge is -2.18. The molecule has 1 rings (SSSR count). The molecule has 1 aromatic carbocycles. The number of aromatic carboxylic acids is 1. The Kier molecular flexibility index (Phi) is 3.86. The SMILES string of the molecule is CC(C)[C@@H](CO)c1ccc(C(=O)O)cc1. The Labute approximate surface area is 89.4 Å². The standard InChI is InChI=1S/C12H16O3/c1-8(2)11(7-13)9-3-5-10(6-4-9)12(14)15/h3-6,8,11,13H,7H2,1-2H3,(H,14,15)/t11-/m1/s1. The summed E-state index contributed by atoms with van der Waals surface area (Å²) in [6, 6.07) is 6.68. The molecule has 0 aliphatic heterocycles. The molecule has 0 saturated carbocycles. The lowest BCUT2D eigenvalue weighted by Crippen LogP contribution is -2.11. The number of aliphatic hydroxyl groups excluding tert-OH is 1. The van der Waals surface area contributed by atoms with Crippen molar-refractivity contribution in [1.29, 1.82) is 0 Å². The fourth-order valence-corrected chi connectivity index (χ4v) is 1.57. The topological polar surface area (TPSA) is 57.5 Å². The third kappa shape index (κ3) is 2.80. The lowest BCUT2D eigenvalue weighted by molar-refractivity contribution is 0.0697. The van der Waals surface area contributed by atoms with Crippen LogP contribution in [0.15, 0.2) is 24.3 Å². The van der Waals surface area contributed by atoms with Gasteiger partial charge in [0.05, 0.1) is 12.2 Å². The van der Waals surface area contributed by atoms with Gasteiger partial charge in [0.25, 0.3) is 0 Å². The highest BCUT2D eigenvalue weighted by Crippen LogP contribution is 2.23. The first-order valence-corrected chi connectivity index (χ1v) is 5.00. The van der Waals surface area contributed by atoms with Crippen LogP contribution in [0.1, 0.15) is 35.7 Å². The predicted octanol–water partition coefficient (Wildman–Crippen LogP) is 2.12. The summed E-state index contributed by atoms with van der Waals surface area (Å²) in [6.07, 6.45) is 0. The molecule has 0 spiro atoms. The summed E-state index contributed by atoms with van der Waals surface area (Å²) in [7, 11) is 0. The van der Waals surface area contributed by atoms with Gasteiger partial charge < -0.3 is 10.2 Å². The molecule has 3 nitrogen and oxygen atoms in total. The molecule has 0 amide bonds. The zero-order valence-electron chi connectivity index (χ0n) is 8.97. The van der Waals surface area contributed by atoms with Crippen molar-refractivity contribution >= 4 is 5.97 Å². The lowest BCUT2D eigenvalue weighted by atomic mass is 9.89. The van der Waals surface area contributed by atoms with Gasteiger partial charge in [-0.05, 0) is 23.6 Å². The van der Waals surface area contributed by atoms with Crippen LogP contribution in [0.25, 0.3) is 0 Å². The molecular formula is C12H16O3. The fourth-order valence-electron chi connectivity index (χ4n) is 1.57. The van der Waals surface area contributed by atoms with E-state index < -0.39 is 5.97 Å². The zero-order valence-corrected chi connectivity index (χ0v) is 8.97. The summed E-state index contributed by atoms with van der Waals surface area (Å²) < 4.78 is 0. The van der Waals surface area contributed by atoms with E-state index in [9.17, 15) is 9.90 Å². The first-order chi connectivity index (χ1) is 7.06. The number of carboxylic acid groups (broad SMARTS) is 1. The van der Waals surface area contributed by atoms with Gasteiger partial charge in [-0.25, -0.2) is 4.79 Å². The van der Waals surface area contributed by atoms with Crippen molar-refractivity contribution in [2.24, 2.45) is 5.92 Å². The van der Waals surface area contributed by atoms with Crippen LogP contribution in [-0.2, 0) is 0 Å². The van der Waals surface area contributed by atoms with Gasteiger partial charge in [-0.2, -0.15) is 0 Å². The normalized spacial score (nSPS) is 12.8. The van der Waals surface area contributed by atoms with Crippen molar-refractivity contribution < 1.29 is 15.0 Å². The van der Waals surface area contributed by atoms with E-state index in [-0.39, 0.29) is 18.1 Å². The second-order valence-electron chi connectivity index (χ2n) is 3.96. The summed E-state index contributed by atoms with van der Waals surface area (Å²) in [4.78, 5) is 10.6. The molecule has 0 aliphatic carbocycles. The van der Waals surface area contributed by atoms with E-state index in [2.05, 4.69) is 0 Å². The number of rotatable bonds is 4. The number of carboxylic acids is 1. The van der Waals surface area contributed by atoms with Gasteiger partial charge >= 0.3 is 5.97 Å². The predicted molar refractivity (Wildman–Crippen MR) is 58.1 cm³/mol. The van der Waals surface area contributed by atoms with Crippen LogP contribution >= 0.6 is 0 Å². The molecule has 1 atom stereocenters. The number of hydrogen-bond acceptors (Lipinski definition) is 2. The first kappa shape index (κ1) is 11.7. The third-order valence-electron chi connectivity index (χ3n) is 2.59. The number of carbonyl (C=O) groups is 1. The molecule has 0 radical (unpaired) electrons. The number of aliphatic hydroxyl groups is 1. The van der Waals surface area contributed by atoms with Gasteiger partial charge in [0.2, 0.25) is 0 Å². The summed E-state index contributed by atoms with van der Waals surface area (Å²) in [5.74, 6) is -0.509. The van der Waals surface area contributed by atoms with Crippen LogP contribution in [-0.4, -0.2) is 22.8 Å². The number of benzene rings is 1. The van der Waals surface area contributed by atoms with Crippen LogP contribution in [0, 0.1) is 5.92 Å². The monoisotopic (exact) mass is 208 g/mol. The van der Waals surface area contributed by atoms with Crippen molar-refractivity contribution in [1.82, 2.24) is 0 Å². The minimum atomic E-state index is -0.924. The van der Waals surface area contributed by atoms with Crippen LogP contribution in [0.4, 0.5) is 0 Å². The van der Waals surface area contributed by atoms with Crippen LogP contribution in [0.3, 0.4) is 0 Å². The largest absolute Gasteiger partial charge is 0.478 e. The average molecular weight is 208 g/mol. The van der Waals surface area contributed by atoms with Crippen molar-refractivity contribution in [2.45, 2.75) is 19.8 Å². The van der Waals surface area contributed by atoms with E-state index >= 15 is 0 Å². The van der Waals surface area contributed by atoms with Crippen molar-refractivity contribution in [3.05, 3.63) is 35.4 Å². The third-order valence-corrected chi connectivity index (χ3v) is 2.59. The summed E-state index contributed by atoms with van der Waals surface area (Å²) >= 11 is 0. The second kappa shape index (κ2) is 4.94.